The Morgan fingerprint density at radius 3 is 2.16 bits per heavy atom. The van der Waals surface area contributed by atoms with E-state index in [9.17, 15) is 4.79 Å². The lowest BCUT2D eigenvalue weighted by molar-refractivity contribution is -0.491. The van der Waals surface area contributed by atoms with E-state index in [0.29, 0.717) is 5.50 Å². The van der Waals surface area contributed by atoms with Gasteiger partial charge < -0.3 is 26.8 Å². The van der Waals surface area contributed by atoms with E-state index in [1.54, 1.807) is 24.9 Å². The monoisotopic (exact) mass is 372 g/mol. The van der Waals surface area contributed by atoms with E-state index in [4.69, 9.17) is 0 Å². The largest absolute Gasteiger partial charge is 1.00 e. The summed E-state index contributed by atoms with van der Waals surface area (Å²) in [6.07, 6.45) is 1.98. The number of carbonyl (C=O) groups excluding carboxylic acids is 1. The average Bonchev–Trinajstić information content (AvgIpc) is 2.82. The Labute approximate surface area is 135 Å². The molecule has 1 N–H and O–H groups in total. The van der Waals surface area contributed by atoms with Crippen molar-refractivity contribution in [3.05, 3.63) is 0 Å². The van der Waals surface area contributed by atoms with Crippen molar-refractivity contribution in [2.45, 2.75) is 11.9 Å². The smallest absolute Gasteiger partial charge is 0.266 e. The van der Waals surface area contributed by atoms with Crippen molar-refractivity contribution in [1.82, 2.24) is 14.7 Å². The molecule has 1 aliphatic heterocycles. The molecule has 0 aliphatic carbocycles. The van der Waals surface area contributed by atoms with E-state index < -0.39 is 0 Å². The number of nitrogens with zero attached hydrogens (tertiary/aromatic N) is 3. The predicted octanol–water partition coefficient (Wildman–Crippen LogP) is -3.63. The molecule has 1 rings (SSSR count). The fourth-order valence-corrected chi connectivity index (χ4v) is 3.21. The maximum atomic E-state index is 9.43. The number of carbonyl (C=O) groups is 1. The Kier molecular flexibility index (Phi) is 15.0. The van der Waals surface area contributed by atoms with Gasteiger partial charge in [-0.15, -0.1) is 0 Å². The zero-order valence-electron chi connectivity index (χ0n) is 12.3. The molecule has 1 unspecified atom stereocenters. The summed E-state index contributed by atoms with van der Waals surface area (Å²) in [5, 5.41) is 0. The molecule has 0 radical (unpaired) electrons. The van der Waals surface area contributed by atoms with Gasteiger partial charge in [0.15, 0.2) is 0 Å². The van der Waals surface area contributed by atoms with E-state index in [2.05, 4.69) is 41.5 Å². The van der Waals surface area contributed by atoms with Crippen LogP contribution in [-0.2, 0) is 4.79 Å². The first-order valence-electron chi connectivity index (χ1n) is 5.84. The summed E-state index contributed by atoms with van der Waals surface area (Å²) in [6.45, 7) is 2.32. The van der Waals surface area contributed by atoms with Gasteiger partial charge in [0.25, 0.3) is 5.50 Å². The summed E-state index contributed by atoms with van der Waals surface area (Å²) in [5.74, 6) is 0. The minimum absolute atomic E-state index is 0. The number of halogens is 1. The van der Waals surface area contributed by atoms with Crippen LogP contribution in [0.1, 0.15) is 6.42 Å². The van der Waals surface area contributed by atoms with Crippen LogP contribution in [0.2, 0.25) is 0 Å². The summed E-state index contributed by atoms with van der Waals surface area (Å²) in [4.78, 5) is 18.8. The van der Waals surface area contributed by atoms with Gasteiger partial charge in [0.05, 0.1) is 0 Å². The first kappa shape index (κ1) is 21.5. The summed E-state index contributed by atoms with van der Waals surface area (Å²) in [6, 6.07) is 0. The van der Waals surface area contributed by atoms with Crippen molar-refractivity contribution in [3.8, 4) is 0 Å². The van der Waals surface area contributed by atoms with E-state index in [-0.39, 0.29) is 17.0 Å². The molecule has 1 amide bonds. The molecule has 0 fully saturated rings. The molecule has 8 heteroatoms. The van der Waals surface area contributed by atoms with Gasteiger partial charge >= 0.3 is 0 Å². The van der Waals surface area contributed by atoms with Gasteiger partial charge in [0.1, 0.15) is 0 Å². The first-order chi connectivity index (χ1) is 8.47. The molecule has 5 nitrogen and oxygen atoms in total. The fourth-order valence-electron chi connectivity index (χ4n) is 1.15. The van der Waals surface area contributed by atoms with Crippen molar-refractivity contribution in [1.29, 1.82) is 0 Å². The Morgan fingerprint density at radius 2 is 1.79 bits per heavy atom. The Morgan fingerprint density at radius 1 is 1.21 bits per heavy atom. The van der Waals surface area contributed by atoms with Crippen LogP contribution in [0.5, 0.6) is 0 Å². The quantitative estimate of drug-likeness (QED) is 0.385. The molecule has 0 aromatic rings. The second kappa shape index (κ2) is 13.2. The Bertz CT molecular complexity index is 255. The molecule has 114 valence electrons. The number of hydrogen-bond donors (Lipinski definition) is 1. The summed E-state index contributed by atoms with van der Waals surface area (Å²) >= 11 is 0. The third kappa shape index (κ3) is 13.0. The van der Waals surface area contributed by atoms with Crippen LogP contribution in [0.25, 0.3) is 0 Å². The highest BCUT2D eigenvalue weighted by Gasteiger charge is 2.22. The zero-order chi connectivity index (χ0) is 14.0. The van der Waals surface area contributed by atoms with Crippen LogP contribution in [0, 0.1) is 0 Å². The lowest BCUT2D eigenvalue weighted by Gasteiger charge is -2.17. The first-order valence-corrected chi connectivity index (χ1v) is 8.11. The molecule has 1 aliphatic rings. The molecule has 0 saturated carbocycles. The van der Waals surface area contributed by atoms with E-state index in [1.165, 1.54) is 17.9 Å². The van der Waals surface area contributed by atoms with E-state index >= 15 is 0 Å². The zero-order valence-corrected chi connectivity index (χ0v) is 15.5. The van der Waals surface area contributed by atoms with Crippen molar-refractivity contribution in [2.75, 3.05) is 48.3 Å². The van der Waals surface area contributed by atoms with Gasteiger partial charge in [-0.3, -0.25) is 4.79 Å². The van der Waals surface area contributed by atoms with Crippen LogP contribution >= 0.6 is 21.6 Å². The second-order valence-corrected chi connectivity index (χ2v) is 6.76. The fraction of sp³-hybridized carbons (Fsp3) is 0.818. The maximum Gasteiger partial charge on any atom is 0.266 e. The third-order valence-electron chi connectivity index (χ3n) is 2.13. The van der Waals surface area contributed by atoms with Crippen molar-refractivity contribution >= 4 is 33.5 Å². The van der Waals surface area contributed by atoms with Gasteiger partial charge in [-0.25, -0.2) is 9.89 Å². The minimum Gasteiger partial charge on any atom is -1.00 e. The number of hydrogen-bond acceptors (Lipinski definition) is 5. The number of nitrogens with one attached hydrogen (secondary N) is 1. The summed E-state index contributed by atoms with van der Waals surface area (Å²) < 4.78 is 0. The molecule has 1 atom stereocenters. The van der Waals surface area contributed by atoms with E-state index in [0.717, 1.165) is 13.0 Å². The highest BCUT2D eigenvalue weighted by atomic mass is 79.9. The average molecular weight is 373 g/mol. The summed E-state index contributed by atoms with van der Waals surface area (Å²) in [7, 11) is 13.4. The molecule has 19 heavy (non-hydrogen) atoms. The molecular formula is C11H25BrN4OS2. The maximum absolute atomic E-state index is 9.43. The lowest BCUT2D eigenvalue weighted by Crippen LogP contribution is -3.00. The highest BCUT2D eigenvalue weighted by Crippen LogP contribution is 2.24. The summed E-state index contributed by atoms with van der Waals surface area (Å²) in [5.41, 5.74) is 2.52. The molecular weight excluding hydrogens is 348 g/mol. The Hall–Kier alpha value is 0.240. The normalized spacial score (nSPS) is 16.9. The van der Waals surface area contributed by atoms with E-state index in [1.807, 2.05) is 10.8 Å². The molecule has 0 aromatic heterocycles. The SMILES string of the molecule is CN(C)C=O.CN(C)CCCN(C)C1[NH+]=CSS1.[Br-]. The number of amides is 1. The van der Waals surface area contributed by atoms with Gasteiger partial charge in [0, 0.05) is 42.2 Å². The molecule has 0 aromatic carbocycles. The highest BCUT2D eigenvalue weighted by molar-refractivity contribution is 8.82. The van der Waals surface area contributed by atoms with Crippen LogP contribution < -0.4 is 22.0 Å². The van der Waals surface area contributed by atoms with Gasteiger partial charge in [-0.2, -0.15) is 0 Å². The van der Waals surface area contributed by atoms with Crippen LogP contribution in [0.4, 0.5) is 0 Å². The molecule has 0 bridgehead atoms. The van der Waals surface area contributed by atoms with Crippen molar-refractivity contribution < 1.29 is 26.8 Å². The van der Waals surface area contributed by atoms with Crippen molar-refractivity contribution in [3.63, 3.8) is 0 Å². The van der Waals surface area contributed by atoms with Crippen molar-refractivity contribution in [2.24, 2.45) is 0 Å². The van der Waals surface area contributed by atoms with Crippen LogP contribution in [-0.4, -0.2) is 80.5 Å². The van der Waals surface area contributed by atoms with Gasteiger partial charge in [-0.05, 0) is 34.1 Å². The predicted molar refractivity (Wildman–Crippen MR) is 81.5 cm³/mol. The molecule has 0 saturated heterocycles. The third-order valence-corrected chi connectivity index (χ3v) is 4.32. The number of rotatable bonds is 6. The lowest BCUT2D eigenvalue weighted by atomic mass is 10.4. The Balaban J connectivity index is 0. The van der Waals surface area contributed by atoms with Gasteiger partial charge in [0.2, 0.25) is 12.0 Å². The van der Waals surface area contributed by atoms with Crippen LogP contribution in [0.15, 0.2) is 0 Å². The minimum atomic E-state index is 0. The van der Waals surface area contributed by atoms with Gasteiger partial charge in [-0.1, -0.05) is 0 Å². The second-order valence-electron chi connectivity index (χ2n) is 4.54. The molecule has 0 spiro atoms. The standard InChI is InChI=1S/C8H17N3S2.C3H7NO.BrH/c1-10(2)5-4-6-11(3)8-9-7-12-13-8;1-4(2)3-5;/h7-8H,4-6H2,1-3H3;3H,1-2H3;1H. The van der Waals surface area contributed by atoms with Crippen LogP contribution in [0.3, 0.4) is 0 Å². The molecule has 1 heterocycles. The topological polar surface area (TPSA) is 40.8 Å².